The van der Waals surface area contributed by atoms with E-state index < -0.39 is 27.4 Å². The third kappa shape index (κ3) is 4.64. The van der Waals surface area contributed by atoms with Gasteiger partial charge in [0, 0.05) is 13.1 Å². The molecule has 1 aliphatic rings. The number of halogens is 2. The number of nitrogens with one attached hydrogen (secondary N) is 1. The molecule has 0 unspecified atom stereocenters. The molecule has 1 aromatic rings. The van der Waals surface area contributed by atoms with Crippen LogP contribution >= 0.6 is 12.4 Å². The van der Waals surface area contributed by atoms with Gasteiger partial charge < -0.3 is 10.0 Å². The first-order valence-corrected chi connectivity index (χ1v) is 8.13. The molecule has 0 atom stereocenters. The first kappa shape index (κ1) is 18.8. The van der Waals surface area contributed by atoms with Crippen molar-refractivity contribution in [3.63, 3.8) is 0 Å². The minimum atomic E-state index is -3.83. The van der Waals surface area contributed by atoms with Crippen molar-refractivity contribution in [2.75, 3.05) is 26.2 Å². The largest absolute Gasteiger partial charge is 0.478 e. The summed E-state index contributed by atoms with van der Waals surface area (Å²) < 4.78 is 39.8. The highest BCUT2D eigenvalue weighted by Gasteiger charge is 2.19. The molecule has 0 radical (unpaired) electrons. The molecule has 1 saturated heterocycles. The zero-order chi connectivity index (χ0) is 15.5. The van der Waals surface area contributed by atoms with Crippen LogP contribution in [0.5, 0.6) is 0 Å². The topological polar surface area (TPSA) is 86.7 Å². The van der Waals surface area contributed by atoms with Crippen LogP contribution in [0.1, 0.15) is 23.2 Å². The molecular formula is C13H18ClFN2O4S. The van der Waals surface area contributed by atoms with Crippen LogP contribution in [-0.4, -0.2) is 50.6 Å². The van der Waals surface area contributed by atoms with E-state index in [0.717, 1.165) is 44.1 Å². The minimum absolute atomic E-state index is 0. The predicted molar refractivity (Wildman–Crippen MR) is 81.5 cm³/mol. The molecule has 124 valence electrons. The Morgan fingerprint density at radius 1 is 1.32 bits per heavy atom. The molecular weight excluding hydrogens is 335 g/mol. The number of hydrogen-bond acceptors (Lipinski definition) is 4. The highest BCUT2D eigenvalue weighted by Crippen LogP contribution is 2.15. The van der Waals surface area contributed by atoms with Crippen LogP contribution in [0.4, 0.5) is 4.39 Å². The van der Waals surface area contributed by atoms with E-state index in [2.05, 4.69) is 9.62 Å². The number of nitrogens with zero attached hydrogens (tertiary/aromatic N) is 1. The summed E-state index contributed by atoms with van der Waals surface area (Å²) in [5.41, 5.74) is -0.655. The zero-order valence-corrected chi connectivity index (χ0v) is 13.4. The first-order valence-electron chi connectivity index (χ1n) is 6.65. The Hall–Kier alpha value is -1.22. The fraction of sp³-hybridized carbons (Fsp3) is 0.462. The lowest BCUT2D eigenvalue weighted by Gasteiger charge is -2.15. The van der Waals surface area contributed by atoms with Gasteiger partial charge in [-0.05, 0) is 44.1 Å². The maximum absolute atomic E-state index is 13.3. The van der Waals surface area contributed by atoms with Gasteiger partial charge in [0.05, 0.1) is 10.5 Å². The molecule has 0 amide bonds. The molecule has 1 aliphatic heterocycles. The molecule has 0 bridgehead atoms. The molecule has 0 aromatic heterocycles. The number of carboxylic acids is 1. The quantitative estimate of drug-likeness (QED) is 0.806. The van der Waals surface area contributed by atoms with Crippen LogP contribution in [-0.2, 0) is 10.0 Å². The lowest BCUT2D eigenvalue weighted by atomic mass is 10.2. The van der Waals surface area contributed by atoms with Gasteiger partial charge in [-0.15, -0.1) is 12.4 Å². The summed E-state index contributed by atoms with van der Waals surface area (Å²) in [6.45, 7) is 2.76. The second-order valence-corrected chi connectivity index (χ2v) is 6.66. The maximum atomic E-state index is 13.3. The second kappa shape index (κ2) is 7.87. The molecule has 0 aliphatic carbocycles. The highest BCUT2D eigenvalue weighted by molar-refractivity contribution is 7.89. The van der Waals surface area contributed by atoms with Crippen LogP contribution in [0.25, 0.3) is 0 Å². The second-order valence-electron chi connectivity index (χ2n) is 4.89. The molecule has 0 saturated carbocycles. The van der Waals surface area contributed by atoms with E-state index in [4.69, 9.17) is 5.11 Å². The Morgan fingerprint density at radius 2 is 1.95 bits per heavy atom. The van der Waals surface area contributed by atoms with Gasteiger partial charge >= 0.3 is 5.97 Å². The fourth-order valence-electron chi connectivity index (χ4n) is 2.26. The van der Waals surface area contributed by atoms with E-state index in [1.807, 2.05) is 0 Å². The van der Waals surface area contributed by atoms with Crippen molar-refractivity contribution in [1.29, 1.82) is 0 Å². The predicted octanol–water partition coefficient (Wildman–Crippen LogP) is 1.32. The number of carbonyl (C=O) groups is 1. The molecule has 2 rings (SSSR count). The monoisotopic (exact) mass is 352 g/mol. The molecule has 9 heteroatoms. The van der Waals surface area contributed by atoms with E-state index in [9.17, 15) is 17.6 Å². The Morgan fingerprint density at radius 3 is 2.55 bits per heavy atom. The smallest absolute Gasteiger partial charge is 0.338 e. The van der Waals surface area contributed by atoms with E-state index in [0.29, 0.717) is 6.54 Å². The molecule has 6 nitrogen and oxygen atoms in total. The number of hydrogen-bond donors (Lipinski definition) is 2. The summed E-state index contributed by atoms with van der Waals surface area (Å²) in [7, 11) is -3.83. The highest BCUT2D eigenvalue weighted by atomic mass is 35.5. The van der Waals surface area contributed by atoms with Gasteiger partial charge in [-0.1, -0.05) is 0 Å². The van der Waals surface area contributed by atoms with Crippen LogP contribution in [0.2, 0.25) is 0 Å². The van der Waals surface area contributed by atoms with Gasteiger partial charge in [-0.25, -0.2) is 22.3 Å². The molecule has 22 heavy (non-hydrogen) atoms. The number of aromatic carboxylic acids is 1. The molecule has 1 heterocycles. The van der Waals surface area contributed by atoms with Crippen molar-refractivity contribution in [1.82, 2.24) is 9.62 Å². The van der Waals surface area contributed by atoms with Crippen molar-refractivity contribution in [2.24, 2.45) is 0 Å². The number of rotatable bonds is 6. The number of benzene rings is 1. The average molecular weight is 353 g/mol. The summed E-state index contributed by atoms with van der Waals surface area (Å²) in [5, 5.41) is 8.81. The van der Waals surface area contributed by atoms with Crippen molar-refractivity contribution in [2.45, 2.75) is 17.7 Å². The summed E-state index contributed by atoms with van der Waals surface area (Å²) in [6, 6.07) is 2.73. The average Bonchev–Trinajstić information content (AvgIpc) is 2.91. The minimum Gasteiger partial charge on any atom is -0.478 e. The maximum Gasteiger partial charge on any atom is 0.338 e. The summed E-state index contributed by atoms with van der Waals surface area (Å²) in [4.78, 5) is 12.7. The van der Waals surface area contributed by atoms with Crippen molar-refractivity contribution in [3.05, 3.63) is 29.6 Å². The van der Waals surface area contributed by atoms with Gasteiger partial charge in [0.25, 0.3) is 0 Å². The third-order valence-corrected chi connectivity index (χ3v) is 4.86. The van der Waals surface area contributed by atoms with Gasteiger partial charge in [-0.3, -0.25) is 0 Å². The van der Waals surface area contributed by atoms with Crippen molar-refractivity contribution in [3.8, 4) is 0 Å². The van der Waals surface area contributed by atoms with Crippen molar-refractivity contribution < 1.29 is 22.7 Å². The normalized spacial score (nSPS) is 15.5. The van der Waals surface area contributed by atoms with Gasteiger partial charge in [-0.2, -0.15) is 0 Å². The lowest BCUT2D eigenvalue weighted by molar-refractivity contribution is 0.0691. The standard InChI is InChI=1S/C13H17FN2O4S.ClH/c14-12-4-3-10(9-11(12)13(17)18)21(19,20)15-5-8-16-6-1-2-7-16;/h3-4,9,15H,1-2,5-8H2,(H,17,18);1H. The summed E-state index contributed by atoms with van der Waals surface area (Å²) >= 11 is 0. The molecule has 1 fully saturated rings. The number of carboxylic acid groups (broad SMARTS) is 1. The Labute approximate surface area is 134 Å². The lowest BCUT2D eigenvalue weighted by Crippen LogP contribution is -2.33. The van der Waals surface area contributed by atoms with Gasteiger partial charge in [0.15, 0.2) is 0 Å². The number of likely N-dealkylation sites (tertiary alicyclic amines) is 1. The van der Waals surface area contributed by atoms with E-state index >= 15 is 0 Å². The molecule has 0 spiro atoms. The Bertz CT molecular complexity index is 633. The SMILES string of the molecule is Cl.O=C(O)c1cc(S(=O)(=O)NCCN2CCCC2)ccc1F. The van der Waals surface area contributed by atoms with Crippen LogP contribution in [0.3, 0.4) is 0 Å². The van der Waals surface area contributed by atoms with E-state index in [-0.39, 0.29) is 23.8 Å². The van der Waals surface area contributed by atoms with Crippen LogP contribution in [0.15, 0.2) is 23.1 Å². The first-order chi connectivity index (χ1) is 9.90. The molecule has 1 aromatic carbocycles. The Kier molecular flexibility index (Phi) is 6.73. The zero-order valence-electron chi connectivity index (χ0n) is 11.8. The van der Waals surface area contributed by atoms with Crippen LogP contribution < -0.4 is 4.72 Å². The van der Waals surface area contributed by atoms with Crippen molar-refractivity contribution >= 4 is 28.4 Å². The van der Waals surface area contributed by atoms with E-state index in [1.54, 1.807) is 0 Å². The van der Waals surface area contributed by atoms with Gasteiger partial charge in [0.1, 0.15) is 5.82 Å². The summed E-state index contributed by atoms with van der Waals surface area (Å²) in [5.74, 6) is -2.46. The fourth-order valence-corrected chi connectivity index (χ4v) is 3.31. The molecule has 2 N–H and O–H groups in total. The summed E-state index contributed by atoms with van der Waals surface area (Å²) in [6.07, 6.45) is 2.24. The third-order valence-electron chi connectivity index (χ3n) is 3.40. The van der Waals surface area contributed by atoms with Crippen LogP contribution in [0, 0.1) is 5.82 Å². The van der Waals surface area contributed by atoms with Gasteiger partial charge in [0.2, 0.25) is 10.0 Å². The number of sulfonamides is 1. The van der Waals surface area contributed by atoms with E-state index in [1.165, 1.54) is 0 Å². The Balaban J connectivity index is 0.00000242.